The van der Waals surface area contributed by atoms with Gasteiger partial charge in [-0.1, -0.05) is 0 Å². The van der Waals surface area contributed by atoms with E-state index < -0.39 is 15.6 Å². The number of hydrogen-bond acceptors (Lipinski definition) is 5. The lowest BCUT2D eigenvalue weighted by Gasteiger charge is -2.25. The maximum atomic E-state index is 12.0. The Kier molecular flexibility index (Phi) is 4.04. The smallest absolute Gasteiger partial charge is 0.247 e. The standard InChI is InChI=1S/C11H16N2O5S/c1-17-11(4-5-18-8-11)7-13-19(15,16)9-2-3-10(14)12-6-9/h2-3,6,13H,4-5,7-8H2,1H3,(H,12,14). The van der Waals surface area contributed by atoms with E-state index in [1.54, 1.807) is 0 Å². The summed E-state index contributed by atoms with van der Waals surface area (Å²) in [7, 11) is -2.14. The van der Waals surface area contributed by atoms with Crippen molar-refractivity contribution < 1.29 is 17.9 Å². The van der Waals surface area contributed by atoms with Crippen LogP contribution in [0.2, 0.25) is 0 Å². The van der Waals surface area contributed by atoms with Crippen LogP contribution in [-0.2, 0) is 19.5 Å². The molecule has 2 rings (SSSR count). The Bertz CT molecular complexity index is 569. The lowest BCUT2D eigenvalue weighted by Crippen LogP contribution is -2.45. The summed E-state index contributed by atoms with van der Waals surface area (Å²) in [5.41, 5.74) is -0.966. The van der Waals surface area contributed by atoms with E-state index in [4.69, 9.17) is 9.47 Å². The molecule has 1 atom stereocenters. The topological polar surface area (TPSA) is 97.5 Å². The number of hydrogen-bond donors (Lipinski definition) is 2. The highest BCUT2D eigenvalue weighted by molar-refractivity contribution is 7.89. The Balaban J connectivity index is 2.09. The fourth-order valence-corrected chi connectivity index (χ4v) is 2.92. The number of rotatable bonds is 5. The second kappa shape index (κ2) is 5.41. The highest BCUT2D eigenvalue weighted by Gasteiger charge is 2.36. The molecule has 1 unspecified atom stereocenters. The molecule has 8 heteroatoms. The number of sulfonamides is 1. The Morgan fingerprint density at radius 2 is 2.32 bits per heavy atom. The second-order valence-electron chi connectivity index (χ2n) is 4.40. The monoisotopic (exact) mass is 288 g/mol. The summed E-state index contributed by atoms with van der Waals surface area (Å²) in [5.74, 6) is 0. The van der Waals surface area contributed by atoms with Gasteiger partial charge in [0.2, 0.25) is 15.6 Å². The molecule has 0 aliphatic carbocycles. The predicted molar refractivity (Wildman–Crippen MR) is 67.4 cm³/mol. The van der Waals surface area contributed by atoms with Crippen molar-refractivity contribution in [3.8, 4) is 0 Å². The van der Waals surface area contributed by atoms with Gasteiger partial charge in [-0.25, -0.2) is 13.1 Å². The van der Waals surface area contributed by atoms with Crippen LogP contribution in [0.5, 0.6) is 0 Å². The molecule has 2 N–H and O–H groups in total. The van der Waals surface area contributed by atoms with E-state index >= 15 is 0 Å². The minimum Gasteiger partial charge on any atom is -0.378 e. The summed E-state index contributed by atoms with van der Waals surface area (Å²) in [5, 5.41) is 0. The molecular formula is C11H16N2O5S. The molecule has 1 aliphatic heterocycles. The minimum atomic E-state index is -3.67. The van der Waals surface area contributed by atoms with Gasteiger partial charge in [-0.2, -0.15) is 0 Å². The van der Waals surface area contributed by atoms with Gasteiger partial charge in [0.05, 0.1) is 11.5 Å². The third-order valence-electron chi connectivity index (χ3n) is 3.15. The number of ether oxygens (including phenoxy) is 2. The van der Waals surface area contributed by atoms with E-state index in [-0.39, 0.29) is 17.0 Å². The van der Waals surface area contributed by atoms with Crippen molar-refractivity contribution in [2.45, 2.75) is 16.9 Å². The summed E-state index contributed by atoms with van der Waals surface area (Å²) in [6, 6.07) is 2.42. The summed E-state index contributed by atoms with van der Waals surface area (Å²) < 4.78 is 37.1. The maximum absolute atomic E-state index is 12.0. The third kappa shape index (κ3) is 3.21. The zero-order valence-corrected chi connectivity index (χ0v) is 11.3. The van der Waals surface area contributed by atoms with Gasteiger partial charge >= 0.3 is 0 Å². The lowest BCUT2D eigenvalue weighted by atomic mass is 10.0. The van der Waals surface area contributed by atoms with Crippen LogP contribution in [0, 0.1) is 0 Å². The molecule has 1 saturated heterocycles. The SMILES string of the molecule is COC1(CNS(=O)(=O)c2ccc(=O)[nH]c2)CCOC1. The zero-order chi connectivity index (χ0) is 13.9. The summed E-state index contributed by atoms with van der Waals surface area (Å²) in [4.78, 5) is 13.2. The molecule has 7 nitrogen and oxygen atoms in total. The molecule has 1 aromatic rings. The molecule has 1 aliphatic rings. The molecule has 0 bridgehead atoms. The van der Waals surface area contributed by atoms with Gasteiger partial charge < -0.3 is 14.5 Å². The average Bonchev–Trinajstić information content (AvgIpc) is 2.87. The molecule has 19 heavy (non-hydrogen) atoms. The molecule has 0 amide bonds. The number of aromatic amines is 1. The van der Waals surface area contributed by atoms with Gasteiger partial charge in [0, 0.05) is 38.9 Å². The third-order valence-corrected chi connectivity index (χ3v) is 4.55. The minimum absolute atomic E-state index is 0.0114. The highest BCUT2D eigenvalue weighted by Crippen LogP contribution is 2.22. The van der Waals surface area contributed by atoms with Gasteiger partial charge in [0.25, 0.3) is 0 Å². The molecule has 1 aromatic heterocycles. The van der Waals surface area contributed by atoms with Crippen LogP contribution >= 0.6 is 0 Å². The number of pyridine rings is 1. The first-order chi connectivity index (χ1) is 8.97. The van der Waals surface area contributed by atoms with Crippen molar-refractivity contribution >= 4 is 10.0 Å². The molecule has 2 heterocycles. The molecule has 106 valence electrons. The Labute approximate surface area is 111 Å². The van der Waals surface area contributed by atoms with Gasteiger partial charge in [-0.05, 0) is 6.07 Å². The van der Waals surface area contributed by atoms with Crippen LogP contribution in [0.1, 0.15) is 6.42 Å². The molecule has 1 fully saturated rings. The van der Waals surface area contributed by atoms with Crippen molar-refractivity contribution in [2.24, 2.45) is 0 Å². The average molecular weight is 288 g/mol. The van der Waals surface area contributed by atoms with Crippen LogP contribution in [-0.4, -0.2) is 45.9 Å². The zero-order valence-electron chi connectivity index (χ0n) is 10.5. The summed E-state index contributed by atoms with van der Waals surface area (Å²) >= 11 is 0. The van der Waals surface area contributed by atoms with Gasteiger partial charge in [-0.15, -0.1) is 0 Å². The van der Waals surface area contributed by atoms with E-state index in [1.165, 1.54) is 19.2 Å². The van der Waals surface area contributed by atoms with Crippen LogP contribution in [0.15, 0.2) is 28.0 Å². The predicted octanol–water partition coefficient (Wildman–Crippen LogP) is -0.541. The second-order valence-corrected chi connectivity index (χ2v) is 6.17. The van der Waals surface area contributed by atoms with Crippen LogP contribution in [0.3, 0.4) is 0 Å². The van der Waals surface area contributed by atoms with E-state index in [0.29, 0.717) is 19.6 Å². The van der Waals surface area contributed by atoms with Crippen molar-refractivity contribution in [3.63, 3.8) is 0 Å². The van der Waals surface area contributed by atoms with Gasteiger partial charge in [-0.3, -0.25) is 4.79 Å². The quantitative estimate of drug-likeness (QED) is 0.758. The first-order valence-electron chi connectivity index (χ1n) is 5.79. The summed E-state index contributed by atoms with van der Waals surface area (Å²) in [6.07, 6.45) is 1.80. The Morgan fingerprint density at radius 3 is 2.84 bits per heavy atom. The summed E-state index contributed by atoms with van der Waals surface area (Å²) in [6.45, 7) is 1.04. The van der Waals surface area contributed by atoms with E-state index in [2.05, 4.69) is 9.71 Å². The van der Waals surface area contributed by atoms with Crippen LogP contribution < -0.4 is 10.3 Å². The van der Waals surface area contributed by atoms with E-state index in [0.717, 1.165) is 6.20 Å². The van der Waals surface area contributed by atoms with E-state index in [9.17, 15) is 13.2 Å². The molecule has 0 saturated carbocycles. The Hall–Kier alpha value is -1.22. The normalized spacial score (nSPS) is 23.6. The van der Waals surface area contributed by atoms with Gasteiger partial charge in [0.15, 0.2) is 0 Å². The Morgan fingerprint density at radius 1 is 1.53 bits per heavy atom. The molecule has 0 spiro atoms. The van der Waals surface area contributed by atoms with E-state index in [1.807, 2.05) is 0 Å². The number of methoxy groups -OCH3 is 1. The number of H-pyrrole nitrogens is 1. The molecular weight excluding hydrogens is 272 g/mol. The lowest BCUT2D eigenvalue weighted by molar-refractivity contribution is -0.0120. The molecule has 0 aromatic carbocycles. The molecule has 0 radical (unpaired) electrons. The van der Waals surface area contributed by atoms with Gasteiger partial charge in [0.1, 0.15) is 5.60 Å². The van der Waals surface area contributed by atoms with Crippen molar-refractivity contribution in [1.29, 1.82) is 0 Å². The number of aromatic nitrogens is 1. The first-order valence-corrected chi connectivity index (χ1v) is 7.27. The van der Waals surface area contributed by atoms with Crippen molar-refractivity contribution in [2.75, 3.05) is 26.9 Å². The maximum Gasteiger partial charge on any atom is 0.247 e. The van der Waals surface area contributed by atoms with Crippen molar-refractivity contribution in [3.05, 3.63) is 28.7 Å². The van der Waals surface area contributed by atoms with Crippen LogP contribution in [0.25, 0.3) is 0 Å². The number of nitrogens with one attached hydrogen (secondary N) is 2. The first kappa shape index (κ1) is 14.2. The largest absolute Gasteiger partial charge is 0.378 e. The van der Waals surface area contributed by atoms with Crippen molar-refractivity contribution in [1.82, 2.24) is 9.71 Å². The van der Waals surface area contributed by atoms with Crippen LogP contribution in [0.4, 0.5) is 0 Å². The fraction of sp³-hybridized carbons (Fsp3) is 0.545. The highest BCUT2D eigenvalue weighted by atomic mass is 32.2. The fourth-order valence-electron chi connectivity index (χ4n) is 1.83.